The number of rotatable bonds is 7. The SMILES string of the molecule is CN[C@@H](Cc1ccc(F)cc1)C(=O)N(C)[C@H](C(=O)OC)C(C)C. The summed E-state index contributed by atoms with van der Waals surface area (Å²) in [6.07, 6.45) is 0.409. The van der Waals surface area contributed by atoms with Crippen LogP contribution in [0.15, 0.2) is 24.3 Å². The molecule has 6 heteroatoms. The third kappa shape index (κ3) is 5.03. The van der Waals surface area contributed by atoms with Gasteiger partial charge >= 0.3 is 5.97 Å². The highest BCUT2D eigenvalue weighted by Crippen LogP contribution is 2.14. The fourth-order valence-corrected chi connectivity index (χ4v) is 2.55. The number of halogens is 1. The van der Waals surface area contributed by atoms with Crippen LogP contribution in [0.4, 0.5) is 4.39 Å². The number of methoxy groups -OCH3 is 1. The molecule has 128 valence electrons. The maximum absolute atomic E-state index is 13.0. The molecule has 1 amide bonds. The topological polar surface area (TPSA) is 58.6 Å². The van der Waals surface area contributed by atoms with Crippen molar-refractivity contribution < 1.29 is 18.7 Å². The van der Waals surface area contributed by atoms with E-state index in [1.165, 1.54) is 24.1 Å². The summed E-state index contributed by atoms with van der Waals surface area (Å²) in [5.41, 5.74) is 0.840. The Balaban J connectivity index is 2.89. The first-order chi connectivity index (χ1) is 10.8. The van der Waals surface area contributed by atoms with E-state index in [0.717, 1.165) is 5.56 Å². The molecule has 0 saturated heterocycles. The van der Waals surface area contributed by atoms with Crippen LogP contribution in [0.1, 0.15) is 19.4 Å². The fourth-order valence-electron chi connectivity index (χ4n) is 2.55. The molecule has 1 aromatic carbocycles. The molecular weight excluding hydrogens is 299 g/mol. The van der Waals surface area contributed by atoms with E-state index < -0.39 is 18.1 Å². The van der Waals surface area contributed by atoms with E-state index in [0.29, 0.717) is 6.42 Å². The first-order valence-electron chi connectivity index (χ1n) is 7.58. The maximum Gasteiger partial charge on any atom is 0.328 e. The van der Waals surface area contributed by atoms with Gasteiger partial charge in [0.05, 0.1) is 13.2 Å². The molecule has 23 heavy (non-hydrogen) atoms. The minimum atomic E-state index is -0.642. The Hall–Kier alpha value is -1.95. The van der Waals surface area contributed by atoms with Crippen molar-refractivity contribution in [1.29, 1.82) is 0 Å². The zero-order valence-corrected chi connectivity index (χ0v) is 14.3. The largest absolute Gasteiger partial charge is 0.467 e. The molecule has 0 unspecified atom stereocenters. The quantitative estimate of drug-likeness (QED) is 0.774. The lowest BCUT2D eigenvalue weighted by molar-refractivity contribution is -0.154. The van der Waals surface area contributed by atoms with Gasteiger partial charge in [-0.05, 0) is 37.1 Å². The standard InChI is InChI=1S/C17H25FN2O3/c1-11(2)15(17(22)23-5)20(4)16(21)14(19-3)10-12-6-8-13(18)9-7-12/h6-9,11,14-15,19H,10H2,1-5H3/t14-,15-/m0/s1. The van der Waals surface area contributed by atoms with Gasteiger partial charge in [-0.15, -0.1) is 0 Å². The first kappa shape index (κ1) is 19.1. The highest BCUT2D eigenvalue weighted by atomic mass is 19.1. The third-order valence-corrected chi connectivity index (χ3v) is 3.84. The number of hydrogen-bond donors (Lipinski definition) is 1. The highest BCUT2D eigenvalue weighted by molar-refractivity contribution is 5.87. The van der Waals surface area contributed by atoms with Crippen molar-refractivity contribution in [2.24, 2.45) is 5.92 Å². The summed E-state index contributed by atoms with van der Waals surface area (Å²) in [4.78, 5) is 26.0. The van der Waals surface area contributed by atoms with E-state index in [-0.39, 0.29) is 17.6 Å². The van der Waals surface area contributed by atoms with E-state index in [1.807, 2.05) is 13.8 Å². The highest BCUT2D eigenvalue weighted by Gasteiger charge is 2.33. The van der Waals surface area contributed by atoms with E-state index >= 15 is 0 Å². The van der Waals surface area contributed by atoms with Gasteiger partial charge in [0.25, 0.3) is 0 Å². The van der Waals surface area contributed by atoms with Crippen LogP contribution in [0.5, 0.6) is 0 Å². The summed E-state index contributed by atoms with van der Waals surface area (Å²) in [6.45, 7) is 3.72. The van der Waals surface area contributed by atoms with Gasteiger partial charge in [-0.25, -0.2) is 9.18 Å². The molecule has 0 bridgehead atoms. The number of esters is 1. The van der Waals surface area contributed by atoms with Crippen LogP contribution in [-0.2, 0) is 20.7 Å². The van der Waals surface area contributed by atoms with Crippen LogP contribution >= 0.6 is 0 Å². The predicted molar refractivity (Wildman–Crippen MR) is 86.4 cm³/mol. The molecule has 0 aliphatic carbocycles. The third-order valence-electron chi connectivity index (χ3n) is 3.84. The van der Waals surface area contributed by atoms with Gasteiger partial charge in [0.2, 0.25) is 5.91 Å². The fraction of sp³-hybridized carbons (Fsp3) is 0.529. The molecule has 1 aromatic rings. The van der Waals surface area contributed by atoms with Crippen LogP contribution in [-0.4, -0.2) is 50.1 Å². The van der Waals surface area contributed by atoms with Gasteiger partial charge in [0, 0.05) is 7.05 Å². The number of nitrogens with zero attached hydrogens (tertiary/aromatic N) is 1. The number of nitrogens with one attached hydrogen (secondary N) is 1. The Morgan fingerprint density at radius 3 is 2.26 bits per heavy atom. The van der Waals surface area contributed by atoms with Gasteiger partial charge in [0.1, 0.15) is 11.9 Å². The predicted octanol–water partition coefficient (Wildman–Crippen LogP) is 1.61. The lowest BCUT2D eigenvalue weighted by Gasteiger charge is -2.31. The van der Waals surface area contributed by atoms with Crippen molar-refractivity contribution >= 4 is 11.9 Å². The van der Waals surface area contributed by atoms with Crippen molar-refractivity contribution in [3.05, 3.63) is 35.6 Å². The lowest BCUT2D eigenvalue weighted by atomic mass is 10.00. The van der Waals surface area contributed by atoms with Crippen LogP contribution in [0.3, 0.4) is 0 Å². The van der Waals surface area contributed by atoms with Crippen molar-refractivity contribution in [3.63, 3.8) is 0 Å². The van der Waals surface area contributed by atoms with Crippen molar-refractivity contribution in [3.8, 4) is 0 Å². The Bertz CT molecular complexity index is 531. The Morgan fingerprint density at radius 2 is 1.83 bits per heavy atom. The average molecular weight is 324 g/mol. The molecule has 2 atom stereocenters. The molecule has 0 saturated carbocycles. The molecule has 0 spiro atoms. The molecule has 1 N–H and O–H groups in total. The van der Waals surface area contributed by atoms with Crippen LogP contribution in [0.25, 0.3) is 0 Å². The number of carbonyl (C=O) groups excluding carboxylic acids is 2. The van der Waals surface area contributed by atoms with E-state index in [2.05, 4.69) is 5.32 Å². The minimum absolute atomic E-state index is 0.0697. The zero-order valence-electron chi connectivity index (χ0n) is 14.3. The van der Waals surface area contributed by atoms with Crippen LogP contribution < -0.4 is 5.32 Å². The Morgan fingerprint density at radius 1 is 1.26 bits per heavy atom. The summed E-state index contributed by atoms with van der Waals surface area (Å²) in [6, 6.07) is 4.87. The number of hydrogen-bond acceptors (Lipinski definition) is 4. The second-order valence-electron chi connectivity index (χ2n) is 5.83. The van der Waals surface area contributed by atoms with Gasteiger partial charge in [-0.3, -0.25) is 4.79 Å². The number of likely N-dealkylation sites (N-methyl/N-ethyl adjacent to an activating group) is 2. The summed E-state index contributed by atoms with van der Waals surface area (Å²) in [5, 5.41) is 2.96. The van der Waals surface area contributed by atoms with Gasteiger partial charge in [-0.2, -0.15) is 0 Å². The smallest absolute Gasteiger partial charge is 0.328 e. The number of carbonyl (C=O) groups is 2. The molecule has 0 fully saturated rings. The summed E-state index contributed by atoms with van der Waals surface area (Å²) < 4.78 is 17.8. The molecular formula is C17H25FN2O3. The monoisotopic (exact) mass is 324 g/mol. The summed E-state index contributed by atoms with van der Waals surface area (Å²) >= 11 is 0. The first-order valence-corrected chi connectivity index (χ1v) is 7.58. The Kier molecular flexibility index (Phi) is 7.16. The second kappa shape index (κ2) is 8.62. The molecule has 0 radical (unpaired) electrons. The minimum Gasteiger partial charge on any atom is -0.467 e. The second-order valence-corrected chi connectivity index (χ2v) is 5.83. The zero-order chi connectivity index (χ0) is 17.6. The van der Waals surface area contributed by atoms with Crippen molar-refractivity contribution in [2.45, 2.75) is 32.4 Å². The van der Waals surface area contributed by atoms with Crippen LogP contribution in [0, 0.1) is 11.7 Å². The number of ether oxygens (including phenoxy) is 1. The van der Waals surface area contributed by atoms with Gasteiger partial charge in [-0.1, -0.05) is 26.0 Å². The summed E-state index contributed by atoms with van der Waals surface area (Å²) in [7, 11) is 4.59. The number of benzene rings is 1. The molecule has 5 nitrogen and oxygen atoms in total. The molecule has 0 heterocycles. The van der Waals surface area contributed by atoms with Gasteiger partial charge in [0.15, 0.2) is 0 Å². The number of amides is 1. The van der Waals surface area contributed by atoms with Crippen molar-refractivity contribution in [1.82, 2.24) is 10.2 Å². The average Bonchev–Trinajstić information content (AvgIpc) is 2.53. The summed E-state index contributed by atoms with van der Waals surface area (Å²) in [5.74, 6) is -1.03. The molecule has 0 aliphatic rings. The Labute approximate surface area is 136 Å². The van der Waals surface area contributed by atoms with E-state index in [9.17, 15) is 14.0 Å². The van der Waals surface area contributed by atoms with Gasteiger partial charge < -0.3 is 15.0 Å². The molecule has 0 aliphatic heterocycles. The lowest BCUT2D eigenvalue weighted by Crippen LogP contribution is -2.53. The van der Waals surface area contributed by atoms with Crippen molar-refractivity contribution in [2.75, 3.05) is 21.2 Å². The van der Waals surface area contributed by atoms with E-state index in [4.69, 9.17) is 4.74 Å². The van der Waals surface area contributed by atoms with Crippen LogP contribution in [0.2, 0.25) is 0 Å². The molecule has 0 aromatic heterocycles. The normalized spacial score (nSPS) is 13.5. The van der Waals surface area contributed by atoms with E-state index in [1.54, 1.807) is 26.2 Å². The molecule has 1 rings (SSSR count). The maximum atomic E-state index is 13.0.